The molecule has 120 valence electrons. The Morgan fingerprint density at radius 1 is 1.09 bits per heavy atom. The van der Waals surface area contributed by atoms with Crippen LogP contribution in [0.25, 0.3) is 0 Å². The van der Waals surface area contributed by atoms with Gasteiger partial charge in [0, 0.05) is 14.8 Å². The van der Waals surface area contributed by atoms with Crippen molar-refractivity contribution >= 4 is 51.5 Å². The molecule has 0 atom stereocenters. The van der Waals surface area contributed by atoms with Gasteiger partial charge in [-0.2, -0.15) is 13.2 Å². The molecule has 0 aliphatic carbocycles. The molecule has 0 fully saturated rings. The van der Waals surface area contributed by atoms with Crippen molar-refractivity contribution in [3.05, 3.63) is 63.2 Å². The van der Waals surface area contributed by atoms with Crippen LogP contribution < -0.4 is 10.6 Å². The Morgan fingerprint density at radius 3 is 2.43 bits per heavy atom. The van der Waals surface area contributed by atoms with Crippen LogP contribution in [0.2, 0.25) is 0 Å². The third-order valence-corrected chi connectivity index (χ3v) is 3.64. The lowest BCUT2D eigenvalue weighted by Gasteiger charge is -2.12. The summed E-state index contributed by atoms with van der Waals surface area (Å²) in [5.74, 6) is -0.437. The van der Waals surface area contributed by atoms with Crippen LogP contribution in [0, 0.1) is 3.57 Å². The second-order valence-electron chi connectivity index (χ2n) is 4.50. The largest absolute Gasteiger partial charge is 0.416 e. The van der Waals surface area contributed by atoms with E-state index in [2.05, 4.69) is 33.2 Å². The summed E-state index contributed by atoms with van der Waals surface area (Å²) in [6, 6.07) is 11.4. The molecular formula is C15H10F3IN2OS. The number of rotatable bonds is 2. The van der Waals surface area contributed by atoms with Crippen molar-refractivity contribution in [1.29, 1.82) is 0 Å². The molecule has 2 N–H and O–H groups in total. The highest BCUT2D eigenvalue weighted by atomic mass is 127. The van der Waals surface area contributed by atoms with Gasteiger partial charge < -0.3 is 5.32 Å². The standard InChI is InChI=1S/C15H10F3IN2OS/c16-15(17,18)10-4-2-6-12(8-10)20-14(23)21-13(22)9-3-1-5-11(19)7-9/h1-8H,(H2,20,21,22,23). The first-order chi connectivity index (χ1) is 10.8. The highest BCUT2D eigenvalue weighted by Gasteiger charge is 2.30. The number of carbonyl (C=O) groups is 1. The number of amides is 1. The van der Waals surface area contributed by atoms with Crippen molar-refractivity contribution < 1.29 is 18.0 Å². The molecule has 0 aliphatic rings. The van der Waals surface area contributed by atoms with Gasteiger partial charge in [-0.05, 0) is 71.2 Å². The van der Waals surface area contributed by atoms with Crippen molar-refractivity contribution in [2.24, 2.45) is 0 Å². The Kier molecular flexibility index (Phi) is 5.58. The van der Waals surface area contributed by atoms with Gasteiger partial charge in [0.25, 0.3) is 5.91 Å². The van der Waals surface area contributed by atoms with E-state index in [1.54, 1.807) is 18.2 Å². The molecule has 2 aromatic carbocycles. The van der Waals surface area contributed by atoms with E-state index in [0.717, 1.165) is 15.7 Å². The van der Waals surface area contributed by atoms with Crippen LogP contribution >= 0.6 is 34.8 Å². The first-order valence-corrected chi connectivity index (χ1v) is 7.79. The number of alkyl halides is 3. The second-order valence-corrected chi connectivity index (χ2v) is 6.15. The zero-order chi connectivity index (χ0) is 17.0. The Hall–Kier alpha value is -1.68. The van der Waals surface area contributed by atoms with E-state index in [-0.39, 0.29) is 10.8 Å². The number of halogens is 4. The summed E-state index contributed by atoms with van der Waals surface area (Å²) in [5.41, 5.74) is -0.243. The molecule has 0 bridgehead atoms. The number of benzene rings is 2. The Bertz CT molecular complexity index is 749. The summed E-state index contributed by atoms with van der Waals surface area (Å²) >= 11 is 7.02. The fourth-order valence-corrected chi connectivity index (χ4v) is 2.49. The maximum Gasteiger partial charge on any atom is 0.416 e. The Balaban J connectivity index is 2.04. The average Bonchev–Trinajstić information content (AvgIpc) is 2.46. The molecule has 8 heteroatoms. The number of carbonyl (C=O) groups excluding carboxylic acids is 1. The van der Waals surface area contributed by atoms with Crippen LogP contribution in [0.1, 0.15) is 15.9 Å². The van der Waals surface area contributed by atoms with E-state index in [1.165, 1.54) is 12.1 Å². The fraction of sp³-hybridized carbons (Fsp3) is 0.0667. The second kappa shape index (κ2) is 7.26. The van der Waals surface area contributed by atoms with E-state index >= 15 is 0 Å². The van der Waals surface area contributed by atoms with Gasteiger partial charge in [-0.25, -0.2) is 0 Å². The molecule has 0 radical (unpaired) electrons. The monoisotopic (exact) mass is 450 g/mol. The van der Waals surface area contributed by atoms with E-state index in [9.17, 15) is 18.0 Å². The van der Waals surface area contributed by atoms with Crippen molar-refractivity contribution in [3.8, 4) is 0 Å². The minimum atomic E-state index is -4.44. The lowest BCUT2D eigenvalue weighted by molar-refractivity contribution is -0.137. The third-order valence-electron chi connectivity index (χ3n) is 2.76. The topological polar surface area (TPSA) is 41.1 Å². The van der Waals surface area contributed by atoms with Gasteiger partial charge in [0.05, 0.1) is 5.56 Å². The van der Waals surface area contributed by atoms with Gasteiger partial charge >= 0.3 is 6.18 Å². The molecule has 0 saturated heterocycles. The summed E-state index contributed by atoms with van der Waals surface area (Å²) in [4.78, 5) is 12.0. The molecule has 3 nitrogen and oxygen atoms in total. The van der Waals surface area contributed by atoms with Crippen LogP contribution in [0.4, 0.5) is 18.9 Å². The zero-order valence-corrected chi connectivity index (χ0v) is 14.4. The predicted octanol–water partition coefficient (Wildman–Crippen LogP) is 4.44. The summed E-state index contributed by atoms with van der Waals surface area (Å²) < 4.78 is 38.8. The van der Waals surface area contributed by atoms with E-state index in [0.29, 0.717) is 5.56 Å². The molecule has 2 aromatic rings. The maximum absolute atomic E-state index is 12.6. The number of hydrogen-bond acceptors (Lipinski definition) is 2. The third kappa shape index (κ3) is 5.17. The summed E-state index contributed by atoms with van der Waals surface area (Å²) in [7, 11) is 0. The van der Waals surface area contributed by atoms with Crippen molar-refractivity contribution in [2.75, 3.05) is 5.32 Å². The average molecular weight is 450 g/mol. The highest BCUT2D eigenvalue weighted by Crippen LogP contribution is 2.30. The lowest BCUT2D eigenvalue weighted by Crippen LogP contribution is -2.34. The SMILES string of the molecule is O=C(NC(=S)Nc1cccc(C(F)(F)F)c1)c1cccc(I)c1. The van der Waals surface area contributed by atoms with Gasteiger partial charge in [0.1, 0.15) is 0 Å². The van der Waals surface area contributed by atoms with E-state index in [4.69, 9.17) is 12.2 Å². The molecule has 2 rings (SSSR count). The van der Waals surface area contributed by atoms with Crippen LogP contribution in [-0.4, -0.2) is 11.0 Å². The predicted molar refractivity (Wildman–Crippen MR) is 94.3 cm³/mol. The summed E-state index contributed by atoms with van der Waals surface area (Å²) in [6.45, 7) is 0. The lowest BCUT2D eigenvalue weighted by atomic mass is 10.2. The Labute approximate surface area is 149 Å². The van der Waals surface area contributed by atoms with E-state index in [1.807, 2.05) is 6.07 Å². The van der Waals surface area contributed by atoms with Crippen molar-refractivity contribution in [3.63, 3.8) is 0 Å². The minimum Gasteiger partial charge on any atom is -0.332 e. The first-order valence-electron chi connectivity index (χ1n) is 6.31. The summed E-state index contributed by atoms with van der Waals surface area (Å²) in [6.07, 6.45) is -4.44. The van der Waals surface area contributed by atoms with Gasteiger partial charge in [-0.15, -0.1) is 0 Å². The first kappa shape index (κ1) is 17.7. The molecule has 0 saturated carbocycles. The highest BCUT2D eigenvalue weighted by molar-refractivity contribution is 14.1. The summed E-state index contributed by atoms with van der Waals surface area (Å²) in [5, 5.41) is 4.92. The molecule has 0 heterocycles. The number of hydrogen-bond donors (Lipinski definition) is 2. The quantitative estimate of drug-likeness (QED) is 0.526. The number of thiocarbonyl (C=S) groups is 1. The number of anilines is 1. The van der Waals surface area contributed by atoms with Crippen molar-refractivity contribution in [1.82, 2.24) is 5.32 Å². The van der Waals surface area contributed by atoms with E-state index < -0.39 is 17.6 Å². The van der Waals surface area contributed by atoms with Crippen LogP contribution in [0.3, 0.4) is 0 Å². The minimum absolute atomic E-state index is 0.0758. The van der Waals surface area contributed by atoms with Crippen molar-refractivity contribution in [2.45, 2.75) is 6.18 Å². The van der Waals surface area contributed by atoms with Crippen LogP contribution in [0.5, 0.6) is 0 Å². The Morgan fingerprint density at radius 2 is 1.78 bits per heavy atom. The maximum atomic E-state index is 12.6. The molecule has 0 unspecified atom stereocenters. The van der Waals surface area contributed by atoms with Crippen LogP contribution in [-0.2, 0) is 6.18 Å². The fourth-order valence-electron chi connectivity index (χ4n) is 1.74. The van der Waals surface area contributed by atoms with Gasteiger partial charge in [0.15, 0.2) is 5.11 Å². The van der Waals surface area contributed by atoms with Gasteiger partial charge in [-0.1, -0.05) is 12.1 Å². The van der Waals surface area contributed by atoms with Gasteiger partial charge in [-0.3, -0.25) is 10.1 Å². The normalized spacial score (nSPS) is 11.0. The smallest absolute Gasteiger partial charge is 0.332 e. The molecule has 0 aromatic heterocycles. The van der Waals surface area contributed by atoms with Gasteiger partial charge in [0.2, 0.25) is 0 Å². The molecule has 0 spiro atoms. The zero-order valence-electron chi connectivity index (χ0n) is 11.4. The molecular weight excluding hydrogens is 440 g/mol. The molecule has 0 aliphatic heterocycles. The number of nitrogens with one attached hydrogen (secondary N) is 2. The van der Waals surface area contributed by atoms with Crippen LogP contribution in [0.15, 0.2) is 48.5 Å². The molecule has 23 heavy (non-hydrogen) atoms. The molecule has 1 amide bonds.